The highest BCUT2D eigenvalue weighted by Gasteiger charge is 2.28. The monoisotopic (exact) mass is 380 g/mol. The zero-order valence-corrected chi connectivity index (χ0v) is 15.3. The highest BCUT2D eigenvalue weighted by atomic mass is 32.2. The molecular formula is C15H16N4O2S3. The number of hydrogen-bond acceptors (Lipinski definition) is 7. The van der Waals surface area contributed by atoms with Gasteiger partial charge in [-0.3, -0.25) is 0 Å². The van der Waals surface area contributed by atoms with Crippen molar-refractivity contribution in [2.24, 2.45) is 0 Å². The summed E-state index contributed by atoms with van der Waals surface area (Å²) in [5.41, 5.74) is 0.893. The van der Waals surface area contributed by atoms with Gasteiger partial charge in [0.15, 0.2) is 5.13 Å². The molecule has 6 nitrogen and oxygen atoms in total. The van der Waals surface area contributed by atoms with Crippen molar-refractivity contribution in [3.05, 3.63) is 35.8 Å². The van der Waals surface area contributed by atoms with Crippen molar-refractivity contribution in [3.8, 4) is 0 Å². The molecule has 24 heavy (non-hydrogen) atoms. The van der Waals surface area contributed by atoms with E-state index in [4.69, 9.17) is 0 Å². The third kappa shape index (κ3) is 2.92. The van der Waals surface area contributed by atoms with Gasteiger partial charge in [0.25, 0.3) is 10.0 Å². The summed E-state index contributed by atoms with van der Waals surface area (Å²) in [5, 5.41) is 2.71. The molecule has 126 valence electrons. The molecule has 1 fully saturated rings. The molecule has 0 saturated carbocycles. The Balaban J connectivity index is 1.54. The predicted molar refractivity (Wildman–Crippen MR) is 97.3 cm³/mol. The smallest absolute Gasteiger partial charge is 0.252 e. The first kappa shape index (κ1) is 15.9. The number of fused-ring (bicyclic) bond motifs is 1. The Morgan fingerprint density at radius 2 is 2.00 bits per heavy atom. The number of nitrogens with zero attached hydrogens (tertiary/aromatic N) is 4. The molecule has 0 amide bonds. The molecule has 0 spiro atoms. The van der Waals surface area contributed by atoms with E-state index in [1.165, 1.54) is 11.3 Å². The Labute approximate surface area is 148 Å². The minimum Gasteiger partial charge on any atom is -0.347 e. The van der Waals surface area contributed by atoms with Crippen LogP contribution >= 0.6 is 22.7 Å². The highest BCUT2D eigenvalue weighted by molar-refractivity contribution is 7.91. The molecule has 3 aromatic rings. The highest BCUT2D eigenvalue weighted by Crippen LogP contribution is 2.28. The summed E-state index contributed by atoms with van der Waals surface area (Å²) < 4.78 is 27.4. The third-order valence-corrected chi connectivity index (χ3v) is 8.28. The SMILES string of the molecule is O=S(=O)(c1cccs1)N1CCCN(c2nc3cccnc3s2)CC1. The molecular weight excluding hydrogens is 364 g/mol. The second kappa shape index (κ2) is 6.40. The minimum atomic E-state index is -3.38. The topological polar surface area (TPSA) is 66.4 Å². The van der Waals surface area contributed by atoms with E-state index in [0.717, 1.165) is 28.4 Å². The lowest BCUT2D eigenvalue weighted by Gasteiger charge is -2.20. The van der Waals surface area contributed by atoms with E-state index in [0.29, 0.717) is 23.8 Å². The molecule has 0 radical (unpaired) electrons. The van der Waals surface area contributed by atoms with Gasteiger partial charge in [-0.05, 0) is 30.0 Å². The summed E-state index contributed by atoms with van der Waals surface area (Å²) in [7, 11) is -3.38. The number of thiazole rings is 1. The van der Waals surface area contributed by atoms with Gasteiger partial charge in [0.05, 0.1) is 0 Å². The first-order valence-corrected chi connectivity index (χ1v) is 10.8. The van der Waals surface area contributed by atoms with Crippen LogP contribution in [0.1, 0.15) is 6.42 Å². The van der Waals surface area contributed by atoms with Gasteiger partial charge in [-0.1, -0.05) is 17.4 Å². The summed E-state index contributed by atoms with van der Waals surface area (Å²) in [5.74, 6) is 0. The average Bonchev–Trinajstić information content (AvgIpc) is 3.19. The number of pyridine rings is 1. The summed E-state index contributed by atoms with van der Waals surface area (Å²) in [6, 6.07) is 7.27. The van der Waals surface area contributed by atoms with Crippen LogP contribution in [0, 0.1) is 0 Å². The van der Waals surface area contributed by atoms with Gasteiger partial charge in [-0.25, -0.2) is 18.4 Å². The molecule has 9 heteroatoms. The van der Waals surface area contributed by atoms with Crippen LogP contribution in [0.25, 0.3) is 10.3 Å². The Morgan fingerprint density at radius 1 is 1.08 bits per heavy atom. The molecule has 1 saturated heterocycles. The van der Waals surface area contributed by atoms with Crippen LogP contribution in [0.5, 0.6) is 0 Å². The lowest BCUT2D eigenvalue weighted by molar-refractivity contribution is 0.434. The molecule has 0 aliphatic carbocycles. The lowest BCUT2D eigenvalue weighted by Crippen LogP contribution is -2.34. The third-order valence-electron chi connectivity index (χ3n) is 3.97. The average molecular weight is 381 g/mol. The number of thiophene rings is 1. The first-order valence-electron chi connectivity index (χ1n) is 7.65. The van der Waals surface area contributed by atoms with Crippen molar-refractivity contribution in [2.75, 3.05) is 31.1 Å². The number of rotatable bonds is 3. The van der Waals surface area contributed by atoms with Crippen molar-refractivity contribution >= 4 is 48.2 Å². The zero-order chi connectivity index (χ0) is 16.6. The van der Waals surface area contributed by atoms with Crippen LogP contribution in [0.15, 0.2) is 40.1 Å². The van der Waals surface area contributed by atoms with Gasteiger partial charge < -0.3 is 4.90 Å². The fourth-order valence-corrected chi connectivity index (χ4v) is 6.33. The van der Waals surface area contributed by atoms with Crippen molar-refractivity contribution < 1.29 is 8.42 Å². The Kier molecular flexibility index (Phi) is 4.25. The summed E-state index contributed by atoms with van der Waals surface area (Å²) in [4.78, 5) is 12.0. The second-order valence-electron chi connectivity index (χ2n) is 5.50. The van der Waals surface area contributed by atoms with Gasteiger partial charge in [0.1, 0.15) is 14.6 Å². The van der Waals surface area contributed by atoms with Gasteiger partial charge >= 0.3 is 0 Å². The largest absolute Gasteiger partial charge is 0.347 e. The number of anilines is 1. The van der Waals surface area contributed by atoms with Crippen LogP contribution in [-0.4, -0.2) is 48.9 Å². The molecule has 4 heterocycles. The quantitative estimate of drug-likeness (QED) is 0.699. The Morgan fingerprint density at radius 3 is 2.79 bits per heavy atom. The molecule has 1 aliphatic heterocycles. The van der Waals surface area contributed by atoms with E-state index in [1.54, 1.807) is 39.4 Å². The van der Waals surface area contributed by atoms with Crippen LogP contribution in [-0.2, 0) is 10.0 Å². The van der Waals surface area contributed by atoms with Crippen LogP contribution in [0.3, 0.4) is 0 Å². The number of sulfonamides is 1. The maximum atomic E-state index is 12.7. The zero-order valence-electron chi connectivity index (χ0n) is 12.8. The van der Waals surface area contributed by atoms with Gasteiger partial charge in [0.2, 0.25) is 0 Å². The number of hydrogen-bond donors (Lipinski definition) is 0. The van der Waals surface area contributed by atoms with Gasteiger partial charge in [-0.15, -0.1) is 11.3 Å². The van der Waals surface area contributed by atoms with Crippen LogP contribution < -0.4 is 4.90 Å². The van der Waals surface area contributed by atoms with Gasteiger partial charge in [0, 0.05) is 32.4 Å². The fourth-order valence-electron chi connectivity index (χ4n) is 2.76. The first-order chi connectivity index (χ1) is 11.6. The molecule has 1 aliphatic rings. The fraction of sp³-hybridized carbons (Fsp3) is 0.333. The van der Waals surface area contributed by atoms with Crippen LogP contribution in [0.4, 0.5) is 5.13 Å². The van der Waals surface area contributed by atoms with E-state index in [-0.39, 0.29) is 0 Å². The van der Waals surface area contributed by atoms with E-state index in [1.807, 2.05) is 12.1 Å². The molecule has 0 atom stereocenters. The number of aromatic nitrogens is 2. The summed E-state index contributed by atoms with van der Waals surface area (Å²) in [6.07, 6.45) is 2.55. The Hall–Kier alpha value is -1.55. The van der Waals surface area contributed by atoms with Gasteiger partial charge in [-0.2, -0.15) is 4.31 Å². The van der Waals surface area contributed by atoms with E-state index in [2.05, 4.69) is 14.9 Å². The normalized spacial score (nSPS) is 17.2. The Bertz CT molecular complexity index is 904. The molecule has 0 aromatic carbocycles. The molecule has 4 rings (SSSR count). The summed E-state index contributed by atoms with van der Waals surface area (Å²) in [6.45, 7) is 2.46. The second-order valence-corrected chi connectivity index (χ2v) is 9.57. The molecule has 0 bridgehead atoms. The molecule has 0 unspecified atom stereocenters. The van der Waals surface area contributed by atoms with E-state index in [9.17, 15) is 8.42 Å². The van der Waals surface area contributed by atoms with Crippen molar-refractivity contribution in [3.63, 3.8) is 0 Å². The minimum absolute atomic E-state index is 0.417. The van der Waals surface area contributed by atoms with Crippen molar-refractivity contribution in [2.45, 2.75) is 10.6 Å². The van der Waals surface area contributed by atoms with Crippen LogP contribution in [0.2, 0.25) is 0 Å². The maximum Gasteiger partial charge on any atom is 0.252 e. The standard InChI is InChI=1S/C15H16N4O2S3/c20-24(21,13-5-2-11-22-13)19-8-3-7-18(9-10-19)15-17-12-4-1-6-16-14(12)23-15/h1-2,4-6,11H,3,7-10H2. The molecule has 0 N–H and O–H groups in total. The maximum absolute atomic E-state index is 12.7. The lowest BCUT2D eigenvalue weighted by atomic mass is 10.4. The van der Waals surface area contributed by atoms with Crippen molar-refractivity contribution in [1.82, 2.24) is 14.3 Å². The van der Waals surface area contributed by atoms with E-state index < -0.39 is 10.0 Å². The molecule has 3 aromatic heterocycles. The summed E-state index contributed by atoms with van der Waals surface area (Å²) >= 11 is 2.83. The predicted octanol–water partition coefficient (Wildman–Crippen LogP) is 2.65. The van der Waals surface area contributed by atoms with E-state index >= 15 is 0 Å². The van der Waals surface area contributed by atoms with Crippen molar-refractivity contribution in [1.29, 1.82) is 0 Å².